The molecule has 2 atom stereocenters. The maximum atomic E-state index is 14.5. The Morgan fingerprint density at radius 1 is 1.18 bits per heavy atom. The molecule has 5 rings (SSSR count). The number of carbonyl (C=O) groups is 2. The average molecular weight is 544 g/mol. The number of ether oxygens (including phenoxy) is 1. The summed E-state index contributed by atoms with van der Waals surface area (Å²) in [6.45, 7) is -0.245. The van der Waals surface area contributed by atoms with E-state index in [0.29, 0.717) is 0 Å². The van der Waals surface area contributed by atoms with E-state index in [2.05, 4.69) is 20.3 Å². The van der Waals surface area contributed by atoms with Crippen molar-refractivity contribution in [2.45, 2.75) is 24.1 Å². The molecule has 3 aromatic heterocycles. The number of pyridine rings is 1. The minimum absolute atomic E-state index is 0.0282. The van der Waals surface area contributed by atoms with Gasteiger partial charge in [0.15, 0.2) is 0 Å². The van der Waals surface area contributed by atoms with Gasteiger partial charge in [-0.1, -0.05) is 0 Å². The van der Waals surface area contributed by atoms with E-state index in [1.54, 1.807) is 0 Å². The molecule has 0 saturated carbocycles. The number of carbonyl (C=O) groups excluding carboxylic acids is 2. The van der Waals surface area contributed by atoms with Crippen molar-refractivity contribution in [3.63, 3.8) is 0 Å². The second kappa shape index (κ2) is 9.01. The van der Waals surface area contributed by atoms with Crippen LogP contribution in [0.15, 0.2) is 55.0 Å². The molecule has 0 saturated heterocycles. The fourth-order valence-electron chi connectivity index (χ4n) is 4.26. The summed E-state index contributed by atoms with van der Waals surface area (Å²) >= 11 is 0. The number of alkyl halides is 3. The van der Waals surface area contributed by atoms with Crippen molar-refractivity contribution in [2.75, 3.05) is 13.2 Å². The van der Waals surface area contributed by atoms with E-state index in [1.165, 1.54) is 48.1 Å². The van der Waals surface area contributed by atoms with Crippen LogP contribution in [0.2, 0.25) is 0 Å². The zero-order chi connectivity index (χ0) is 28.2. The Labute approximate surface area is 217 Å². The lowest BCUT2D eigenvalue weighted by atomic mass is 9.81. The van der Waals surface area contributed by atoms with Gasteiger partial charge in [-0.3, -0.25) is 14.0 Å². The summed E-state index contributed by atoms with van der Waals surface area (Å²) in [7, 11) is 0. The van der Waals surface area contributed by atoms with Gasteiger partial charge in [-0.05, 0) is 43.3 Å². The number of nitrogens with zero attached hydrogens (tertiary/aromatic N) is 4. The van der Waals surface area contributed by atoms with Gasteiger partial charge < -0.3 is 20.9 Å². The first-order valence-electron chi connectivity index (χ1n) is 11.5. The number of aliphatic hydroxyl groups is 1. The van der Waals surface area contributed by atoms with Gasteiger partial charge in [-0.15, -0.1) is 0 Å². The summed E-state index contributed by atoms with van der Waals surface area (Å²) < 4.78 is 64.0. The number of fused-ring (bicyclic) bond motifs is 2. The molecule has 0 spiro atoms. The third-order valence-corrected chi connectivity index (χ3v) is 6.67. The average Bonchev–Trinajstić information content (AvgIpc) is 3.52. The largest absolute Gasteiger partial charge is 0.489 e. The van der Waals surface area contributed by atoms with Gasteiger partial charge in [0, 0.05) is 29.7 Å². The molecule has 0 radical (unpaired) electrons. The van der Waals surface area contributed by atoms with Gasteiger partial charge in [0.25, 0.3) is 5.91 Å². The van der Waals surface area contributed by atoms with Gasteiger partial charge in [0.05, 0.1) is 12.2 Å². The Hall–Kier alpha value is -4.59. The normalized spacial score (nSPS) is 18.3. The molecular formula is C25H20F4N6O4. The predicted octanol–water partition coefficient (Wildman–Crippen LogP) is 2.25. The number of amides is 2. The first-order chi connectivity index (χ1) is 18.3. The highest BCUT2D eigenvalue weighted by atomic mass is 19.4. The number of rotatable bonds is 6. The predicted molar refractivity (Wildman–Crippen MR) is 127 cm³/mol. The van der Waals surface area contributed by atoms with Crippen LogP contribution in [0.5, 0.6) is 5.75 Å². The number of nitrogens with two attached hydrogens (primary N) is 1. The zero-order valence-electron chi connectivity index (χ0n) is 20.2. The quantitative estimate of drug-likeness (QED) is 0.316. The SMILES string of the molecule is C[C@]1(C(N)=O)COc2c1cc(C(O)(CNC(=O)c1ccnc3nccn13)C(F)(F)F)nc2-c1ccc(F)cc1. The second-order valence-corrected chi connectivity index (χ2v) is 9.19. The summed E-state index contributed by atoms with van der Waals surface area (Å²) in [5.41, 5.74) is -0.758. The fourth-order valence-corrected chi connectivity index (χ4v) is 4.26. The van der Waals surface area contributed by atoms with Crippen molar-refractivity contribution in [1.82, 2.24) is 24.7 Å². The van der Waals surface area contributed by atoms with Crippen LogP contribution in [-0.4, -0.2) is 55.6 Å². The Morgan fingerprint density at radius 2 is 1.87 bits per heavy atom. The number of nitrogens with one attached hydrogen (secondary N) is 1. The molecule has 0 fully saturated rings. The van der Waals surface area contributed by atoms with E-state index in [1.807, 2.05) is 0 Å². The van der Waals surface area contributed by atoms with E-state index < -0.39 is 47.1 Å². The van der Waals surface area contributed by atoms with Crippen LogP contribution in [0.1, 0.15) is 28.7 Å². The standard InChI is InChI=1S/C25H20F4N6O4/c1-23(21(30)37)12-39-19-15(23)10-17(34-18(19)13-2-4-14(26)5-3-13)24(38,25(27,28)29)11-33-20(36)16-6-7-31-22-32-8-9-35(16)22/h2-10,38H,11-12H2,1H3,(H2,30,37)(H,33,36)/t23-,24?/m0/s1. The number of hydrogen-bond acceptors (Lipinski definition) is 7. The van der Waals surface area contributed by atoms with E-state index in [-0.39, 0.29) is 40.6 Å². The van der Waals surface area contributed by atoms with Crippen LogP contribution in [-0.2, 0) is 15.8 Å². The van der Waals surface area contributed by atoms with E-state index >= 15 is 0 Å². The van der Waals surface area contributed by atoms with Crippen molar-refractivity contribution < 1.29 is 37.0 Å². The van der Waals surface area contributed by atoms with Crippen molar-refractivity contribution in [1.29, 1.82) is 0 Å². The highest BCUT2D eigenvalue weighted by Gasteiger charge is 2.57. The number of hydrogen-bond donors (Lipinski definition) is 3. The molecule has 1 aliphatic heterocycles. The Balaban J connectivity index is 1.62. The molecule has 0 aliphatic carbocycles. The van der Waals surface area contributed by atoms with E-state index in [0.717, 1.165) is 18.2 Å². The molecule has 39 heavy (non-hydrogen) atoms. The molecular weight excluding hydrogens is 524 g/mol. The third-order valence-electron chi connectivity index (χ3n) is 6.67. The molecule has 1 aromatic carbocycles. The number of halogens is 4. The van der Waals surface area contributed by atoms with Crippen LogP contribution in [0.4, 0.5) is 17.6 Å². The van der Waals surface area contributed by atoms with Crippen molar-refractivity contribution in [2.24, 2.45) is 5.73 Å². The van der Waals surface area contributed by atoms with Crippen LogP contribution < -0.4 is 15.8 Å². The van der Waals surface area contributed by atoms with Gasteiger partial charge in [0.1, 0.15) is 35.0 Å². The summed E-state index contributed by atoms with van der Waals surface area (Å²) in [5, 5.41) is 13.2. The summed E-state index contributed by atoms with van der Waals surface area (Å²) in [6.07, 6.45) is -1.33. The van der Waals surface area contributed by atoms with Gasteiger partial charge in [0.2, 0.25) is 17.3 Å². The molecule has 4 N–H and O–H groups in total. The lowest BCUT2D eigenvalue weighted by molar-refractivity contribution is -0.265. The lowest BCUT2D eigenvalue weighted by Crippen LogP contribution is -2.52. The molecule has 1 unspecified atom stereocenters. The highest BCUT2D eigenvalue weighted by Crippen LogP contribution is 2.47. The fraction of sp³-hybridized carbons (Fsp3) is 0.240. The maximum absolute atomic E-state index is 14.5. The topological polar surface area (TPSA) is 145 Å². The zero-order valence-corrected chi connectivity index (χ0v) is 20.2. The number of imidazole rings is 1. The Bertz CT molecular complexity index is 1610. The Morgan fingerprint density at radius 3 is 2.54 bits per heavy atom. The Kier molecular flexibility index (Phi) is 6.01. The van der Waals surface area contributed by atoms with Crippen LogP contribution in [0.3, 0.4) is 0 Å². The molecule has 0 bridgehead atoms. The third kappa shape index (κ3) is 4.22. The minimum Gasteiger partial charge on any atom is -0.489 e. The molecule has 10 nitrogen and oxygen atoms in total. The summed E-state index contributed by atoms with van der Waals surface area (Å²) in [4.78, 5) is 37.1. The first-order valence-corrected chi connectivity index (χ1v) is 11.5. The van der Waals surface area contributed by atoms with Crippen molar-refractivity contribution in [3.8, 4) is 17.0 Å². The van der Waals surface area contributed by atoms with Gasteiger partial charge >= 0.3 is 6.18 Å². The smallest absolute Gasteiger partial charge is 0.424 e. The summed E-state index contributed by atoms with van der Waals surface area (Å²) in [5.74, 6) is -2.32. The molecule has 202 valence electrons. The first kappa shape index (κ1) is 26.0. The maximum Gasteiger partial charge on any atom is 0.424 e. The molecule has 4 aromatic rings. The number of benzene rings is 1. The number of aromatic nitrogens is 4. The highest BCUT2D eigenvalue weighted by molar-refractivity contribution is 5.93. The van der Waals surface area contributed by atoms with Crippen molar-refractivity contribution in [3.05, 3.63) is 77.8 Å². The lowest BCUT2D eigenvalue weighted by Gasteiger charge is -2.31. The van der Waals surface area contributed by atoms with Crippen LogP contribution in [0.25, 0.3) is 17.0 Å². The monoisotopic (exact) mass is 544 g/mol. The van der Waals surface area contributed by atoms with E-state index in [4.69, 9.17) is 10.5 Å². The van der Waals surface area contributed by atoms with Crippen molar-refractivity contribution >= 4 is 17.6 Å². The molecule has 2 amide bonds. The van der Waals surface area contributed by atoms with E-state index in [9.17, 15) is 32.3 Å². The molecule has 1 aliphatic rings. The summed E-state index contributed by atoms with van der Waals surface area (Å²) in [6, 6.07) is 6.82. The van der Waals surface area contributed by atoms with Gasteiger partial charge in [-0.25, -0.2) is 19.3 Å². The molecule has 4 heterocycles. The van der Waals surface area contributed by atoms with Gasteiger partial charge in [-0.2, -0.15) is 13.2 Å². The van der Waals surface area contributed by atoms with Crippen LogP contribution in [0, 0.1) is 5.82 Å². The second-order valence-electron chi connectivity index (χ2n) is 9.19. The minimum atomic E-state index is -5.34. The van der Waals surface area contributed by atoms with Crippen LogP contribution >= 0.6 is 0 Å². The molecule has 14 heteroatoms. The number of primary amides is 1.